The van der Waals surface area contributed by atoms with Gasteiger partial charge in [-0.05, 0) is 39.5 Å². The second-order valence-corrected chi connectivity index (χ2v) is 11.1. The van der Waals surface area contributed by atoms with E-state index in [1.165, 1.54) is 18.9 Å². The fraction of sp³-hybridized carbons (Fsp3) is 0.792. The van der Waals surface area contributed by atoms with E-state index in [1.807, 2.05) is 13.8 Å². The van der Waals surface area contributed by atoms with E-state index in [4.69, 9.17) is 20.3 Å². The van der Waals surface area contributed by atoms with E-state index in [2.05, 4.69) is 4.74 Å². The number of hydrogen-bond donors (Lipinski definition) is 3. The molecule has 3 N–H and O–H groups in total. The van der Waals surface area contributed by atoms with E-state index in [0.29, 0.717) is 31.6 Å². The van der Waals surface area contributed by atoms with Crippen LogP contribution in [0.1, 0.15) is 79.1 Å². The molecule has 1 saturated heterocycles. The fourth-order valence-electron chi connectivity index (χ4n) is 3.44. The molecule has 1 fully saturated rings. The molecule has 0 aliphatic carbocycles. The highest BCUT2D eigenvalue weighted by molar-refractivity contribution is 7.99. The van der Waals surface area contributed by atoms with Gasteiger partial charge in [0.05, 0.1) is 19.2 Å². The summed E-state index contributed by atoms with van der Waals surface area (Å²) in [7, 11) is 1.33. The number of ketones is 2. The van der Waals surface area contributed by atoms with Crippen molar-refractivity contribution >= 4 is 40.7 Å². The van der Waals surface area contributed by atoms with Gasteiger partial charge < -0.3 is 30.1 Å². The van der Waals surface area contributed by atoms with Crippen molar-refractivity contribution in [2.75, 3.05) is 19.5 Å². The summed E-state index contributed by atoms with van der Waals surface area (Å²) in [5, 5.41) is 26.0. The van der Waals surface area contributed by atoms with Crippen LogP contribution >= 0.6 is 11.8 Å². The van der Waals surface area contributed by atoms with Crippen LogP contribution in [0.2, 0.25) is 0 Å². The summed E-state index contributed by atoms with van der Waals surface area (Å²) >= 11 is 1.29. The van der Waals surface area contributed by atoms with E-state index >= 15 is 0 Å². The maximum absolute atomic E-state index is 12.7. The molecular formula is C24H40N2O7S. The van der Waals surface area contributed by atoms with E-state index in [9.17, 15) is 19.5 Å². The van der Waals surface area contributed by atoms with Crippen LogP contribution in [0.5, 0.6) is 0 Å². The average Bonchev–Trinajstić information content (AvgIpc) is 2.74. The molecule has 194 valence electrons. The number of carbonyl (C=O) groups excluding carboxylic acids is 3. The van der Waals surface area contributed by atoms with Crippen LogP contribution in [0, 0.1) is 16.2 Å². The number of ether oxygens (including phenoxy) is 3. The minimum atomic E-state index is -0.855. The smallest absolute Gasteiger partial charge is 0.305 e. The minimum absolute atomic E-state index is 0.00448. The predicted molar refractivity (Wildman–Crippen MR) is 132 cm³/mol. The van der Waals surface area contributed by atoms with Gasteiger partial charge in [0.1, 0.15) is 11.9 Å². The molecule has 1 aliphatic rings. The summed E-state index contributed by atoms with van der Waals surface area (Å²) < 4.78 is 16.0. The summed E-state index contributed by atoms with van der Waals surface area (Å²) in [4.78, 5) is 36.0. The zero-order valence-corrected chi connectivity index (χ0v) is 21.8. The first-order chi connectivity index (χ1) is 15.8. The Morgan fingerprint density at radius 2 is 1.71 bits per heavy atom. The first kappa shape index (κ1) is 30.4. The van der Waals surface area contributed by atoms with Crippen LogP contribution in [0.25, 0.3) is 0 Å². The van der Waals surface area contributed by atoms with Crippen molar-refractivity contribution in [1.29, 1.82) is 10.8 Å². The zero-order chi connectivity index (χ0) is 25.9. The molecule has 2 atom stereocenters. The normalized spacial score (nSPS) is 19.8. The van der Waals surface area contributed by atoms with Crippen molar-refractivity contribution in [3.63, 3.8) is 0 Å². The molecule has 10 heteroatoms. The number of nitrogens with one attached hydrogen (secondary N) is 2. The zero-order valence-electron chi connectivity index (χ0n) is 21.0. The molecule has 1 aliphatic heterocycles. The monoisotopic (exact) mass is 500 g/mol. The van der Waals surface area contributed by atoms with Gasteiger partial charge in [0.15, 0.2) is 11.6 Å². The third kappa shape index (κ3) is 11.7. The van der Waals surface area contributed by atoms with Gasteiger partial charge in [-0.15, -0.1) is 11.8 Å². The summed E-state index contributed by atoms with van der Waals surface area (Å²) in [5.41, 5.74) is -0.660. The second kappa shape index (κ2) is 14.1. The highest BCUT2D eigenvalue weighted by atomic mass is 32.2. The van der Waals surface area contributed by atoms with Crippen LogP contribution in [0.3, 0.4) is 0 Å². The van der Waals surface area contributed by atoms with Crippen LogP contribution in [0.4, 0.5) is 0 Å². The van der Waals surface area contributed by atoms with Crippen molar-refractivity contribution in [2.24, 2.45) is 5.41 Å². The van der Waals surface area contributed by atoms with E-state index < -0.39 is 22.7 Å². The Balaban J connectivity index is 2.27. The molecule has 0 saturated carbocycles. The SMILES string of the molecule is COC(=O)CCCC(O)SCCC(=N)CC(=O)CCC(=N)CC(=O)C1OC(C)(C)OCC1(C)C. The number of thioether (sulfide) groups is 1. The quantitative estimate of drug-likeness (QED) is 0.165. The number of esters is 1. The Morgan fingerprint density at radius 1 is 1.06 bits per heavy atom. The lowest BCUT2D eigenvalue weighted by atomic mass is 9.82. The van der Waals surface area contributed by atoms with Crippen molar-refractivity contribution < 1.29 is 33.7 Å². The summed E-state index contributed by atoms with van der Waals surface area (Å²) in [6.07, 6.45) is 1.18. The van der Waals surface area contributed by atoms with Gasteiger partial charge in [-0.1, -0.05) is 13.8 Å². The lowest BCUT2D eigenvalue weighted by Gasteiger charge is -2.45. The Bertz CT molecular complexity index is 752. The van der Waals surface area contributed by atoms with E-state index in [-0.39, 0.29) is 61.1 Å². The van der Waals surface area contributed by atoms with E-state index in [0.717, 1.165) is 0 Å². The number of aliphatic hydroxyl groups excluding tert-OH is 1. The maximum Gasteiger partial charge on any atom is 0.305 e. The van der Waals surface area contributed by atoms with Crippen LogP contribution < -0.4 is 0 Å². The van der Waals surface area contributed by atoms with Crippen molar-refractivity contribution in [2.45, 2.75) is 96.4 Å². The standard InChI is InChI=1S/C24H40N2O7S/c1-23(2)15-32-24(3,4)33-22(23)19(28)14-16(25)9-10-18(27)13-17(26)11-12-34-21(30)8-6-7-20(29)31-5/h21-22,25-26,30H,6-15H2,1-5H3. The summed E-state index contributed by atoms with van der Waals surface area (Å²) in [5.74, 6) is -0.985. The number of carbonyl (C=O) groups is 3. The highest BCUT2D eigenvalue weighted by Crippen LogP contribution is 2.35. The van der Waals surface area contributed by atoms with E-state index in [1.54, 1.807) is 13.8 Å². The molecule has 0 aromatic carbocycles. The number of hydrogen-bond acceptors (Lipinski definition) is 10. The number of aliphatic hydroxyl groups is 1. The predicted octanol–water partition coefficient (Wildman–Crippen LogP) is 3.69. The topological polar surface area (TPSA) is 147 Å². The Labute approximate surface area is 206 Å². The first-order valence-corrected chi connectivity index (χ1v) is 12.7. The molecule has 0 bridgehead atoms. The van der Waals surface area contributed by atoms with Gasteiger partial charge in [0, 0.05) is 48.3 Å². The van der Waals surface area contributed by atoms with Gasteiger partial charge in [0.2, 0.25) is 0 Å². The van der Waals surface area contributed by atoms with Crippen LogP contribution in [0.15, 0.2) is 0 Å². The van der Waals surface area contributed by atoms with Crippen LogP contribution in [-0.2, 0) is 28.6 Å². The Morgan fingerprint density at radius 3 is 2.35 bits per heavy atom. The third-order valence-corrected chi connectivity index (χ3v) is 6.53. The van der Waals surface area contributed by atoms with Crippen molar-refractivity contribution in [3.05, 3.63) is 0 Å². The molecule has 0 radical (unpaired) electrons. The van der Waals surface area contributed by atoms with Gasteiger partial charge in [0.25, 0.3) is 0 Å². The fourth-order valence-corrected chi connectivity index (χ4v) is 4.41. The average molecular weight is 501 g/mol. The van der Waals surface area contributed by atoms with Crippen LogP contribution in [-0.4, -0.2) is 70.9 Å². The van der Waals surface area contributed by atoms with Crippen molar-refractivity contribution in [3.8, 4) is 0 Å². The summed E-state index contributed by atoms with van der Waals surface area (Å²) in [6.45, 7) is 7.68. The molecule has 0 spiro atoms. The molecule has 0 aromatic rings. The maximum atomic E-state index is 12.7. The molecular weight excluding hydrogens is 460 g/mol. The van der Waals surface area contributed by atoms with Gasteiger partial charge in [-0.3, -0.25) is 14.4 Å². The lowest BCUT2D eigenvalue weighted by Crippen LogP contribution is -2.53. The number of Topliss-reactive ketones (excluding diaryl/α,β-unsaturated/α-hetero) is 2. The molecule has 1 rings (SSSR count). The molecule has 0 aromatic heterocycles. The van der Waals surface area contributed by atoms with Gasteiger partial charge >= 0.3 is 5.97 Å². The van der Waals surface area contributed by atoms with Crippen molar-refractivity contribution in [1.82, 2.24) is 0 Å². The number of methoxy groups -OCH3 is 1. The largest absolute Gasteiger partial charge is 0.469 e. The lowest BCUT2D eigenvalue weighted by molar-refractivity contribution is -0.303. The minimum Gasteiger partial charge on any atom is -0.469 e. The Hall–Kier alpha value is -1.62. The first-order valence-electron chi connectivity index (χ1n) is 11.6. The Kier molecular flexibility index (Phi) is 12.6. The third-order valence-electron chi connectivity index (χ3n) is 5.47. The number of rotatable bonds is 16. The van der Waals surface area contributed by atoms with Gasteiger partial charge in [-0.2, -0.15) is 0 Å². The molecule has 9 nitrogen and oxygen atoms in total. The van der Waals surface area contributed by atoms with Gasteiger partial charge in [-0.25, -0.2) is 0 Å². The molecule has 0 amide bonds. The molecule has 34 heavy (non-hydrogen) atoms. The summed E-state index contributed by atoms with van der Waals surface area (Å²) in [6, 6.07) is 0. The highest BCUT2D eigenvalue weighted by Gasteiger charge is 2.45. The second-order valence-electron chi connectivity index (χ2n) is 9.78. The molecule has 2 unspecified atom stereocenters. The molecule has 1 heterocycles.